The Hall–Kier alpha value is -0.0800. The first-order valence-corrected chi connectivity index (χ1v) is 7.01. The van der Waals surface area contributed by atoms with Gasteiger partial charge in [0.1, 0.15) is 0 Å². The Labute approximate surface area is 102 Å². The van der Waals surface area contributed by atoms with Gasteiger partial charge in [0.15, 0.2) is 0 Å². The van der Waals surface area contributed by atoms with Gasteiger partial charge in [-0.1, -0.05) is 26.7 Å². The van der Waals surface area contributed by atoms with Crippen molar-refractivity contribution >= 4 is 0 Å². The first-order chi connectivity index (χ1) is 7.51. The molecule has 0 aliphatic carbocycles. The summed E-state index contributed by atoms with van der Waals surface area (Å²) in [5.41, 5.74) is 0.318. The maximum absolute atomic E-state index is 3.70. The zero-order chi connectivity index (χ0) is 12.2. The molecule has 1 saturated heterocycles. The van der Waals surface area contributed by atoms with E-state index in [1.165, 1.54) is 32.2 Å². The molecule has 2 heteroatoms. The van der Waals surface area contributed by atoms with E-state index >= 15 is 0 Å². The zero-order valence-corrected chi connectivity index (χ0v) is 11.8. The van der Waals surface area contributed by atoms with E-state index < -0.39 is 0 Å². The summed E-state index contributed by atoms with van der Waals surface area (Å²) < 4.78 is 0. The number of hydrogen-bond acceptors (Lipinski definition) is 2. The highest BCUT2D eigenvalue weighted by Gasteiger charge is 2.35. The van der Waals surface area contributed by atoms with E-state index in [0.717, 1.165) is 12.6 Å². The van der Waals surface area contributed by atoms with Crippen molar-refractivity contribution in [2.45, 2.75) is 77.9 Å². The predicted molar refractivity (Wildman–Crippen MR) is 71.9 cm³/mol. The molecular formula is C14H30N2. The molecule has 0 saturated carbocycles. The molecule has 1 rings (SSSR count). The Balaban J connectivity index is 2.60. The molecule has 96 valence electrons. The molecule has 0 aromatic rings. The van der Waals surface area contributed by atoms with Crippen LogP contribution in [0.4, 0.5) is 0 Å². The van der Waals surface area contributed by atoms with Crippen molar-refractivity contribution in [3.63, 3.8) is 0 Å². The van der Waals surface area contributed by atoms with Crippen LogP contribution in [-0.4, -0.2) is 35.6 Å². The molecule has 16 heavy (non-hydrogen) atoms. The van der Waals surface area contributed by atoms with E-state index in [4.69, 9.17) is 0 Å². The first-order valence-electron chi connectivity index (χ1n) is 7.01. The molecule has 2 atom stereocenters. The first kappa shape index (κ1) is 14.0. The minimum atomic E-state index is 0.318. The largest absolute Gasteiger partial charge is 0.311 e. The van der Waals surface area contributed by atoms with Crippen LogP contribution in [0.1, 0.15) is 60.3 Å². The predicted octanol–water partition coefficient (Wildman–Crippen LogP) is 3.03. The second-order valence-corrected chi connectivity index (χ2v) is 5.97. The SMILES string of the molecule is CCCC1CN(C(C)CCC)C(C)(C)CN1. The second kappa shape index (κ2) is 6.02. The van der Waals surface area contributed by atoms with Gasteiger partial charge in [0.05, 0.1) is 0 Å². The fraction of sp³-hybridized carbons (Fsp3) is 1.00. The Morgan fingerprint density at radius 2 is 2.00 bits per heavy atom. The summed E-state index contributed by atoms with van der Waals surface area (Å²) in [6.45, 7) is 14.0. The van der Waals surface area contributed by atoms with Crippen molar-refractivity contribution in [3.05, 3.63) is 0 Å². The minimum Gasteiger partial charge on any atom is -0.311 e. The number of nitrogens with one attached hydrogen (secondary N) is 1. The van der Waals surface area contributed by atoms with Gasteiger partial charge in [0.2, 0.25) is 0 Å². The third-order valence-electron chi connectivity index (χ3n) is 3.89. The molecule has 1 N–H and O–H groups in total. The average molecular weight is 226 g/mol. The van der Waals surface area contributed by atoms with Crippen LogP contribution in [0.3, 0.4) is 0 Å². The van der Waals surface area contributed by atoms with Gasteiger partial charge in [-0.15, -0.1) is 0 Å². The molecule has 1 heterocycles. The van der Waals surface area contributed by atoms with E-state index in [1.807, 2.05) is 0 Å². The van der Waals surface area contributed by atoms with Crippen LogP contribution >= 0.6 is 0 Å². The summed E-state index contributed by atoms with van der Waals surface area (Å²) in [5, 5.41) is 3.70. The van der Waals surface area contributed by atoms with Crippen LogP contribution in [-0.2, 0) is 0 Å². The topological polar surface area (TPSA) is 15.3 Å². The van der Waals surface area contributed by atoms with Crippen molar-refractivity contribution < 1.29 is 0 Å². The van der Waals surface area contributed by atoms with Gasteiger partial charge in [0.25, 0.3) is 0 Å². The van der Waals surface area contributed by atoms with E-state index in [2.05, 4.69) is 44.8 Å². The lowest BCUT2D eigenvalue weighted by Gasteiger charge is -2.49. The molecule has 1 fully saturated rings. The van der Waals surface area contributed by atoms with Crippen molar-refractivity contribution in [3.8, 4) is 0 Å². The zero-order valence-electron chi connectivity index (χ0n) is 11.8. The summed E-state index contributed by atoms with van der Waals surface area (Å²) in [7, 11) is 0. The molecule has 1 aliphatic heterocycles. The summed E-state index contributed by atoms with van der Waals surface area (Å²) in [5.74, 6) is 0. The van der Waals surface area contributed by atoms with Crippen molar-refractivity contribution in [2.75, 3.05) is 13.1 Å². The van der Waals surface area contributed by atoms with Gasteiger partial charge in [0, 0.05) is 30.7 Å². The molecule has 0 amide bonds. The number of piperazine rings is 1. The van der Waals surface area contributed by atoms with Crippen LogP contribution < -0.4 is 5.32 Å². The highest BCUT2D eigenvalue weighted by Crippen LogP contribution is 2.24. The Morgan fingerprint density at radius 3 is 2.56 bits per heavy atom. The van der Waals surface area contributed by atoms with Crippen LogP contribution in [0.15, 0.2) is 0 Å². The number of rotatable bonds is 5. The maximum Gasteiger partial charge on any atom is 0.0281 e. The fourth-order valence-corrected chi connectivity index (χ4v) is 2.94. The maximum atomic E-state index is 3.70. The van der Waals surface area contributed by atoms with Gasteiger partial charge in [-0.3, -0.25) is 4.90 Å². The lowest BCUT2D eigenvalue weighted by Crippen LogP contribution is -2.64. The molecule has 0 spiro atoms. The van der Waals surface area contributed by atoms with E-state index in [0.29, 0.717) is 11.6 Å². The smallest absolute Gasteiger partial charge is 0.0281 e. The lowest BCUT2D eigenvalue weighted by atomic mass is 9.93. The third-order valence-corrected chi connectivity index (χ3v) is 3.89. The second-order valence-electron chi connectivity index (χ2n) is 5.97. The Bertz CT molecular complexity index is 201. The standard InChI is InChI=1S/C14H30N2/c1-6-8-12(3)16-10-13(9-7-2)15-11-14(16,4)5/h12-13,15H,6-11H2,1-5H3. The lowest BCUT2D eigenvalue weighted by molar-refractivity contribution is 0.0262. The van der Waals surface area contributed by atoms with Gasteiger partial charge in [-0.2, -0.15) is 0 Å². The highest BCUT2D eigenvalue weighted by atomic mass is 15.3. The highest BCUT2D eigenvalue weighted by molar-refractivity contribution is 4.94. The van der Waals surface area contributed by atoms with Crippen LogP contribution in [0.5, 0.6) is 0 Å². The van der Waals surface area contributed by atoms with E-state index in [1.54, 1.807) is 0 Å². The van der Waals surface area contributed by atoms with Crippen molar-refractivity contribution in [1.82, 2.24) is 10.2 Å². The monoisotopic (exact) mass is 226 g/mol. The number of hydrogen-bond donors (Lipinski definition) is 1. The van der Waals surface area contributed by atoms with E-state index in [9.17, 15) is 0 Å². The van der Waals surface area contributed by atoms with Gasteiger partial charge < -0.3 is 5.32 Å². The van der Waals surface area contributed by atoms with Crippen LogP contribution in [0.2, 0.25) is 0 Å². The Kier molecular flexibility index (Phi) is 5.26. The van der Waals surface area contributed by atoms with Crippen molar-refractivity contribution in [1.29, 1.82) is 0 Å². The molecule has 0 radical (unpaired) electrons. The van der Waals surface area contributed by atoms with Crippen molar-refractivity contribution in [2.24, 2.45) is 0 Å². The summed E-state index contributed by atoms with van der Waals surface area (Å²) in [6, 6.07) is 1.43. The molecular weight excluding hydrogens is 196 g/mol. The van der Waals surface area contributed by atoms with Gasteiger partial charge >= 0.3 is 0 Å². The van der Waals surface area contributed by atoms with Crippen LogP contribution in [0.25, 0.3) is 0 Å². The molecule has 2 nitrogen and oxygen atoms in total. The third kappa shape index (κ3) is 3.46. The van der Waals surface area contributed by atoms with Gasteiger partial charge in [-0.25, -0.2) is 0 Å². The minimum absolute atomic E-state index is 0.318. The summed E-state index contributed by atoms with van der Waals surface area (Å²) in [4.78, 5) is 2.72. The fourth-order valence-electron chi connectivity index (χ4n) is 2.94. The molecule has 2 unspecified atom stereocenters. The van der Waals surface area contributed by atoms with E-state index in [-0.39, 0.29) is 0 Å². The summed E-state index contributed by atoms with van der Waals surface area (Å²) in [6.07, 6.45) is 5.21. The molecule has 0 aromatic heterocycles. The quantitative estimate of drug-likeness (QED) is 0.775. The normalized spacial score (nSPS) is 27.9. The molecule has 0 bridgehead atoms. The van der Waals surface area contributed by atoms with Crippen LogP contribution in [0, 0.1) is 0 Å². The summed E-state index contributed by atoms with van der Waals surface area (Å²) >= 11 is 0. The average Bonchev–Trinajstić information content (AvgIpc) is 2.21. The van der Waals surface area contributed by atoms with Gasteiger partial charge in [-0.05, 0) is 33.6 Å². The molecule has 1 aliphatic rings. The number of nitrogens with zero attached hydrogens (tertiary/aromatic N) is 1. The Morgan fingerprint density at radius 1 is 1.31 bits per heavy atom. The molecule has 0 aromatic carbocycles.